The summed E-state index contributed by atoms with van der Waals surface area (Å²) in [6.45, 7) is 2.24. The van der Waals surface area contributed by atoms with Crippen LogP contribution in [0.5, 0.6) is 0 Å². The Balaban J connectivity index is 2.72. The lowest BCUT2D eigenvalue weighted by molar-refractivity contribution is 0.698. The van der Waals surface area contributed by atoms with E-state index in [9.17, 15) is 0 Å². The third kappa shape index (κ3) is 6.31. The average molecular weight is 135 g/mol. The van der Waals surface area contributed by atoms with Crippen LogP contribution in [-0.4, -0.2) is 24.2 Å². The van der Waals surface area contributed by atoms with Gasteiger partial charge < -0.3 is 0 Å². The van der Waals surface area contributed by atoms with Crippen LogP contribution in [0.2, 0.25) is 0 Å². The molecule has 0 aromatic carbocycles. The lowest BCUT2D eigenvalue weighted by Gasteiger charge is -2.10. The second kappa shape index (κ2) is 5.45. The van der Waals surface area contributed by atoms with Crippen molar-refractivity contribution in [2.75, 3.05) is 19.8 Å². The van der Waals surface area contributed by atoms with Gasteiger partial charge in [-0.3, -0.25) is 4.31 Å². The second-order valence-electron chi connectivity index (χ2n) is 2.16. The highest BCUT2D eigenvalue weighted by Gasteiger charge is 1.83. The van der Waals surface area contributed by atoms with Crippen LogP contribution in [0.3, 0.4) is 0 Å². The Kier molecular flexibility index (Phi) is 5.66. The van der Waals surface area contributed by atoms with Gasteiger partial charge in [-0.1, -0.05) is 13.3 Å². The maximum Gasteiger partial charge on any atom is -0.00486 e. The standard InChI is InChI=1S/C6H17NS/c1-4-5-6-8-7(2)3/h4-6,8H2,1-3H3. The van der Waals surface area contributed by atoms with Gasteiger partial charge in [-0.05, 0) is 26.3 Å². The van der Waals surface area contributed by atoms with Gasteiger partial charge in [0.2, 0.25) is 0 Å². The zero-order valence-corrected chi connectivity index (χ0v) is 7.07. The lowest BCUT2D eigenvalue weighted by Crippen LogP contribution is -2.00. The van der Waals surface area contributed by atoms with Crippen molar-refractivity contribution in [1.29, 1.82) is 0 Å². The van der Waals surface area contributed by atoms with Crippen molar-refractivity contribution in [1.82, 2.24) is 4.31 Å². The van der Waals surface area contributed by atoms with E-state index in [1.165, 1.54) is 18.6 Å². The molecule has 0 N–H and O–H groups in total. The van der Waals surface area contributed by atoms with E-state index in [2.05, 4.69) is 25.3 Å². The van der Waals surface area contributed by atoms with Crippen LogP contribution in [0.4, 0.5) is 0 Å². The molecule has 0 unspecified atom stereocenters. The summed E-state index contributed by atoms with van der Waals surface area (Å²) >= 11 is 1.03. The SMILES string of the molecule is CCCC[SH2]N(C)C. The predicted octanol–water partition coefficient (Wildman–Crippen LogP) is 1.46. The fourth-order valence-electron chi connectivity index (χ4n) is 0.479. The number of hydrogen-bond donors (Lipinski definition) is 0. The highest BCUT2D eigenvalue weighted by atomic mass is 32.2. The molecule has 1 nitrogen and oxygen atoms in total. The molecule has 0 amide bonds. The van der Waals surface area contributed by atoms with Crippen LogP contribution in [0.15, 0.2) is 0 Å². The van der Waals surface area contributed by atoms with Gasteiger partial charge in [0, 0.05) is 0 Å². The van der Waals surface area contributed by atoms with Gasteiger partial charge in [0.1, 0.15) is 0 Å². The van der Waals surface area contributed by atoms with Crippen molar-refractivity contribution < 1.29 is 0 Å². The molecular formula is C6H17NS. The summed E-state index contributed by atoms with van der Waals surface area (Å²) in [6.07, 6.45) is 2.72. The molecule has 0 saturated heterocycles. The first-order valence-corrected chi connectivity index (χ1v) is 4.33. The topological polar surface area (TPSA) is 3.24 Å². The van der Waals surface area contributed by atoms with E-state index < -0.39 is 0 Å². The van der Waals surface area contributed by atoms with E-state index in [0.29, 0.717) is 0 Å². The minimum absolute atomic E-state index is 1.03. The van der Waals surface area contributed by atoms with Crippen molar-refractivity contribution in [3.05, 3.63) is 0 Å². The van der Waals surface area contributed by atoms with Gasteiger partial charge in [-0.2, -0.15) is 0 Å². The van der Waals surface area contributed by atoms with Crippen LogP contribution < -0.4 is 0 Å². The Morgan fingerprint density at radius 3 is 2.38 bits per heavy atom. The van der Waals surface area contributed by atoms with E-state index in [0.717, 1.165) is 11.9 Å². The van der Waals surface area contributed by atoms with Crippen LogP contribution in [0.25, 0.3) is 0 Å². The monoisotopic (exact) mass is 135 g/mol. The lowest BCUT2D eigenvalue weighted by atomic mass is 10.4. The summed E-state index contributed by atoms with van der Waals surface area (Å²) < 4.78 is 2.26. The fraction of sp³-hybridized carbons (Fsp3) is 1.00. The second-order valence-corrected chi connectivity index (χ2v) is 3.87. The molecule has 8 heavy (non-hydrogen) atoms. The highest BCUT2D eigenvalue weighted by Crippen LogP contribution is 2.05. The van der Waals surface area contributed by atoms with E-state index in [1.807, 2.05) is 0 Å². The Morgan fingerprint density at radius 1 is 1.38 bits per heavy atom. The quantitative estimate of drug-likeness (QED) is 0.528. The Morgan fingerprint density at radius 2 is 2.00 bits per heavy atom. The zero-order chi connectivity index (χ0) is 6.41. The van der Waals surface area contributed by atoms with E-state index in [1.54, 1.807) is 0 Å². The first-order chi connectivity index (χ1) is 3.77. The van der Waals surface area contributed by atoms with Crippen molar-refractivity contribution in [3.63, 3.8) is 0 Å². The average Bonchev–Trinajstić information content (AvgIpc) is 1.66. The molecule has 0 spiro atoms. The van der Waals surface area contributed by atoms with Crippen LogP contribution in [0.1, 0.15) is 19.8 Å². The molecule has 0 aliphatic heterocycles. The number of unbranched alkanes of at least 4 members (excludes halogenated alkanes) is 1. The molecule has 0 aromatic rings. The smallest absolute Gasteiger partial charge is 0.00486 e. The van der Waals surface area contributed by atoms with Gasteiger partial charge in [0.05, 0.1) is 0 Å². The highest BCUT2D eigenvalue weighted by molar-refractivity contribution is 7.96. The summed E-state index contributed by atoms with van der Waals surface area (Å²) in [6, 6.07) is 0. The molecule has 0 fully saturated rings. The molecule has 0 bridgehead atoms. The largest absolute Gasteiger partial charge is 0.279 e. The molecule has 0 radical (unpaired) electrons. The van der Waals surface area contributed by atoms with Crippen LogP contribution in [-0.2, 0) is 0 Å². The first-order valence-electron chi connectivity index (χ1n) is 3.18. The molecule has 0 rings (SSSR count). The molecular weight excluding hydrogens is 118 g/mol. The molecule has 0 aliphatic rings. The van der Waals surface area contributed by atoms with Gasteiger partial charge >= 0.3 is 0 Å². The maximum absolute atomic E-state index is 2.26. The number of hydrogen-bond acceptors (Lipinski definition) is 1. The Hall–Kier alpha value is 0.310. The Labute approximate surface area is 56.6 Å². The summed E-state index contributed by atoms with van der Waals surface area (Å²) in [7, 11) is 4.27. The van der Waals surface area contributed by atoms with Gasteiger partial charge in [-0.25, -0.2) is 11.9 Å². The summed E-state index contributed by atoms with van der Waals surface area (Å²) in [4.78, 5) is 0. The normalized spacial score (nSPS) is 13.0. The third-order valence-electron chi connectivity index (χ3n) is 0.958. The predicted molar refractivity (Wildman–Crippen MR) is 43.8 cm³/mol. The van der Waals surface area contributed by atoms with Gasteiger partial charge in [0.25, 0.3) is 0 Å². The third-order valence-corrected chi connectivity index (χ3v) is 2.17. The summed E-state index contributed by atoms with van der Waals surface area (Å²) in [5.74, 6) is 1.38. The summed E-state index contributed by atoms with van der Waals surface area (Å²) in [5, 5.41) is 0. The minimum Gasteiger partial charge on any atom is -0.279 e. The molecule has 52 valence electrons. The van der Waals surface area contributed by atoms with Crippen molar-refractivity contribution >= 4 is 11.9 Å². The van der Waals surface area contributed by atoms with Crippen molar-refractivity contribution in [3.8, 4) is 0 Å². The van der Waals surface area contributed by atoms with Crippen molar-refractivity contribution in [2.24, 2.45) is 0 Å². The molecule has 0 heterocycles. The first kappa shape index (κ1) is 8.31. The van der Waals surface area contributed by atoms with Crippen LogP contribution >= 0.6 is 11.9 Å². The number of nitrogens with zero attached hydrogens (tertiary/aromatic N) is 1. The number of rotatable bonds is 4. The van der Waals surface area contributed by atoms with Gasteiger partial charge in [0.15, 0.2) is 0 Å². The Bertz CT molecular complexity index is 45.8. The van der Waals surface area contributed by atoms with Gasteiger partial charge in [-0.15, -0.1) is 0 Å². The van der Waals surface area contributed by atoms with E-state index in [-0.39, 0.29) is 0 Å². The maximum atomic E-state index is 2.26. The molecule has 0 aromatic heterocycles. The van der Waals surface area contributed by atoms with Crippen LogP contribution in [0, 0.1) is 0 Å². The molecule has 0 aliphatic carbocycles. The van der Waals surface area contributed by atoms with E-state index in [4.69, 9.17) is 0 Å². The fourth-order valence-corrected chi connectivity index (χ4v) is 1.44. The molecule has 0 saturated carbocycles. The van der Waals surface area contributed by atoms with E-state index >= 15 is 0 Å². The van der Waals surface area contributed by atoms with Crippen molar-refractivity contribution in [2.45, 2.75) is 19.8 Å². The summed E-state index contributed by atoms with van der Waals surface area (Å²) in [5.41, 5.74) is 0. The molecule has 2 heteroatoms. The molecule has 0 atom stereocenters. The minimum atomic E-state index is 1.03. The zero-order valence-electron chi connectivity index (χ0n) is 6.07.